The maximum absolute atomic E-state index is 11.4. The van der Waals surface area contributed by atoms with Crippen LogP contribution in [0.4, 0.5) is 5.69 Å². The van der Waals surface area contributed by atoms with Gasteiger partial charge in [0, 0.05) is 44.5 Å². The van der Waals surface area contributed by atoms with Crippen molar-refractivity contribution in [3.63, 3.8) is 0 Å². The second-order valence-electron chi connectivity index (χ2n) is 5.00. The van der Waals surface area contributed by atoms with Crippen molar-refractivity contribution in [3.05, 3.63) is 23.8 Å². The lowest BCUT2D eigenvalue weighted by Crippen LogP contribution is -2.47. The Balaban J connectivity index is 1.96. The summed E-state index contributed by atoms with van der Waals surface area (Å²) >= 11 is 0. The number of ether oxygens (including phenoxy) is 1. The molecule has 1 fully saturated rings. The first-order valence-corrected chi connectivity index (χ1v) is 8.35. The molecule has 0 bridgehead atoms. The Labute approximate surface area is 120 Å². The van der Waals surface area contributed by atoms with Crippen molar-refractivity contribution in [2.75, 3.05) is 45.3 Å². The van der Waals surface area contributed by atoms with E-state index in [0.29, 0.717) is 18.8 Å². The number of nitrogens with two attached hydrogens (primary N) is 1. The maximum atomic E-state index is 11.4. The summed E-state index contributed by atoms with van der Waals surface area (Å²) in [4.78, 5) is 2.21. The third-order valence-corrected chi connectivity index (χ3v) is 4.85. The predicted molar refractivity (Wildman–Crippen MR) is 79.1 cm³/mol. The molecule has 0 unspecified atom stereocenters. The van der Waals surface area contributed by atoms with E-state index in [-0.39, 0.29) is 0 Å². The highest BCUT2D eigenvalue weighted by atomic mass is 32.2. The average Bonchev–Trinajstić information content (AvgIpc) is 2.40. The molecule has 0 atom stereocenters. The lowest BCUT2D eigenvalue weighted by atomic mass is 10.1. The van der Waals surface area contributed by atoms with Crippen LogP contribution in [0, 0.1) is 0 Å². The summed E-state index contributed by atoms with van der Waals surface area (Å²) in [5.41, 5.74) is 7.74. The predicted octanol–water partition coefficient (Wildman–Crippen LogP) is 0.355. The summed E-state index contributed by atoms with van der Waals surface area (Å²) in [5.74, 6) is 0.744. The summed E-state index contributed by atoms with van der Waals surface area (Å²) in [7, 11) is -1.46. The molecular weight excluding hydrogens is 278 g/mol. The highest BCUT2D eigenvalue weighted by Gasteiger charge is 2.23. The van der Waals surface area contributed by atoms with Gasteiger partial charge in [-0.3, -0.25) is 4.90 Å². The molecule has 2 rings (SSSR count). The van der Waals surface area contributed by atoms with E-state index in [1.165, 1.54) is 10.6 Å². The van der Waals surface area contributed by atoms with E-state index in [1.807, 2.05) is 18.2 Å². The number of hydrogen-bond donors (Lipinski definition) is 1. The van der Waals surface area contributed by atoms with Crippen LogP contribution in [0.3, 0.4) is 0 Å². The molecule has 0 spiro atoms. The Hall–Kier alpha value is -1.31. The van der Waals surface area contributed by atoms with Gasteiger partial charge in [0.1, 0.15) is 5.75 Å². The first-order chi connectivity index (χ1) is 9.40. The van der Waals surface area contributed by atoms with Gasteiger partial charge in [-0.25, -0.2) is 8.42 Å². The summed E-state index contributed by atoms with van der Waals surface area (Å²) in [6.07, 6.45) is 1.25. The molecule has 0 aliphatic carbocycles. The van der Waals surface area contributed by atoms with Crippen LogP contribution >= 0.6 is 0 Å². The average molecular weight is 299 g/mol. The van der Waals surface area contributed by atoms with Crippen LogP contribution in [0.25, 0.3) is 0 Å². The van der Waals surface area contributed by atoms with Gasteiger partial charge >= 0.3 is 0 Å². The molecule has 0 amide bonds. The molecule has 6 nitrogen and oxygen atoms in total. The van der Waals surface area contributed by atoms with Crippen LogP contribution in [-0.2, 0) is 16.6 Å². The van der Waals surface area contributed by atoms with Crippen molar-refractivity contribution in [1.82, 2.24) is 9.21 Å². The fourth-order valence-corrected chi connectivity index (χ4v) is 3.13. The Kier molecular flexibility index (Phi) is 4.52. The summed E-state index contributed by atoms with van der Waals surface area (Å²) < 4.78 is 29.5. The monoisotopic (exact) mass is 299 g/mol. The first kappa shape index (κ1) is 15.1. The van der Waals surface area contributed by atoms with Gasteiger partial charge in [-0.05, 0) is 11.6 Å². The molecule has 20 heavy (non-hydrogen) atoms. The van der Waals surface area contributed by atoms with Crippen LogP contribution in [0.1, 0.15) is 5.56 Å². The number of nitrogens with zero attached hydrogens (tertiary/aromatic N) is 2. The zero-order valence-electron chi connectivity index (χ0n) is 11.9. The van der Waals surface area contributed by atoms with Gasteiger partial charge in [0.15, 0.2) is 0 Å². The van der Waals surface area contributed by atoms with Gasteiger partial charge in [0.25, 0.3) is 0 Å². The largest absolute Gasteiger partial charge is 0.497 e. The Bertz CT molecular complexity index is 566. The highest BCUT2D eigenvalue weighted by Crippen LogP contribution is 2.21. The minimum Gasteiger partial charge on any atom is -0.497 e. The smallest absolute Gasteiger partial charge is 0.211 e. The summed E-state index contributed by atoms with van der Waals surface area (Å²) in [5, 5.41) is 0. The van der Waals surface area contributed by atoms with Gasteiger partial charge in [-0.1, -0.05) is 6.07 Å². The molecule has 1 aromatic carbocycles. The second kappa shape index (κ2) is 5.99. The quantitative estimate of drug-likeness (QED) is 0.812. The van der Waals surface area contributed by atoms with E-state index in [9.17, 15) is 8.42 Å². The van der Waals surface area contributed by atoms with Crippen LogP contribution in [0.2, 0.25) is 0 Å². The van der Waals surface area contributed by atoms with Gasteiger partial charge in [0.05, 0.1) is 13.4 Å². The summed E-state index contributed by atoms with van der Waals surface area (Å²) in [6, 6.07) is 5.65. The van der Waals surface area contributed by atoms with Crippen molar-refractivity contribution >= 4 is 15.7 Å². The van der Waals surface area contributed by atoms with Crippen LogP contribution in [0.5, 0.6) is 5.75 Å². The normalized spacial score (nSPS) is 18.1. The molecule has 0 aromatic heterocycles. The van der Waals surface area contributed by atoms with Gasteiger partial charge in [-0.2, -0.15) is 4.31 Å². The molecule has 0 radical (unpaired) electrons. The number of rotatable bonds is 4. The van der Waals surface area contributed by atoms with E-state index >= 15 is 0 Å². The van der Waals surface area contributed by atoms with E-state index in [4.69, 9.17) is 10.5 Å². The minimum absolute atomic E-state index is 0.537. The third kappa shape index (κ3) is 3.62. The maximum Gasteiger partial charge on any atom is 0.211 e. The molecule has 7 heteroatoms. The molecule has 1 saturated heterocycles. The molecule has 2 N–H and O–H groups in total. The molecular formula is C13H21N3O3S. The Morgan fingerprint density at radius 1 is 1.25 bits per heavy atom. The fourth-order valence-electron chi connectivity index (χ4n) is 2.30. The van der Waals surface area contributed by atoms with Crippen molar-refractivity contribution in [3.8, 4) is 5.75 Å². The van der Waals surface area contributed by atoms with Crippen molar-refractivity contribution in [1.29, 1.82) is 0 Å². The third-order valence-electron chi connectivity index (χ3n) is 3.55. The molecule has 1 aliphatic rings. The van der Waals surface area contributed by atoms with E-state index in [2.05, 4.69) is 4.90 Å². The standard InChI is InChI=1S/C13H21N3O3S/c1-19-12-4-3-11(13(14)9-12)10-15-5-7-16(8-6-15)20(2,17)18/h3-4,9H,5-8,10,14H2,1-2H3. The fraction of sp³-hybridized carbons (Fsp3) is 0.538. The molecule has 0 saturated carbocycles. The number of anilines is 1. The Morgan fingerprint density at radius 3 is 2.40 bits per heavy atom. The highest BCUT2D eigenvalue weighted by molar-refractivity contribution is 7.88. The van der Waals surface area contributed by atoms with E-state index in [0.717, 1.165) is 30.9 Å². The van der Waals surface area contributed by atoms with Gasteiger partial charge in [-0.15, -0.1) is 0 Å². The minimum atomic E-state index is -3.07. The second-order valence-corrected chi connectivity index (χ2v) is 6.99. The number of sulfonamides is 1. The lowest BCUT2D eigenvalue weighted by Gasteiger charge is -2.33. The lowest BCUT2D eigenvalue weighted by molar-refractivity contribution is 0.182. The zero-order valence-corrected chi connectivity index (χ0v) is 12.7. The van der Waals surface area contributed by atoms with E-state index in [1.54, 1.807) is 7.11 Å². The van der Waals surface area contributed by atoms with Crippen LogP contribution < -0.4 is 10.5 Å². The number of methoxy groups -OCH3 is 1. The summed E-state index contributed by atoms with van der Waals surface area (Å²) in [6.45, 7) is 3.24. The number of piperazine rings is 1. The molecule has 1 heterocycles. The molecule has 112 valence electrons. The number of hydrogen-bond acceptors (Lipinski definition) is 5. The number of nitrogen functional groups attached to an aromatic ring is 1. The van der Waals surface area contributed by atoms with E-state index < -0.39 is 10.0 Å². The van der Waals surface area contributed by atoms with Gasteiger partial charge in [0.2, 0.25) is 10.0 Å². The number of benzene rings is 1. The van der Waals surface area contributed by atoms with Gasteiger partial charge < -0.3 is 10.5 Å². The van der Waals surface area contributed by atoms with Crippen LogP contribution in [-0.4, -0.2) is 57.2 Å². The SMILES string of the molecule is COc1ccc(CN2CCN(S(C)(=O)=O)CC2)c(N)c1. The Morgan fingerprint density at radius 2 is 1.90 bits per heavy atom. The molecule has 1 aliphatic heterocycles. The molecule has 1 aromatic rings. The van der Waals surface area contributed by atoms with Crippen LogP contribution in [0.15, 0.2) is 18.2 Å². The van der Waals surface area contributed by atoms with Crippen molar-refractivity contribution in [2.24, 2.45) is 0 Å². The van der Waals surface area contributed by atoms with Crippen molar-refractivity contribution < 1.29 is 13.2 Å². The topological polar surface area (TPSA) is 75.9 Å². The van der Waals surface area contributed by atoms with Crippen molar-refractivity contribution in [2.45, 2.75) is 6.54 Å². The first-order valence-electron chi connectivity index (χ1n) is 6.50. The zero-order chi connectivity index (χ0) is 14.8.